The van der Waals surface area contributed by atoms with Gasteiger partial charge in [-0.1, -0.05) is 0 Å². The molecule has 1 aromatic rings. The van der Waals surface area contributed by atoms with E-state index in [0.717, 1.165) is 25.0 Å². The fourth-order valence-electron chi connectivity index (χ4n) is 3.52. The van der Waals surface area contributed by atoms with E-state index in [1.165, 1.54) is 0 Å². The van der Waals surface area contributed by atoms with E-state index in [9.17, 15) is 9.90 Å². The van der Waals surface area contributed by atoms with Crippen LogP contribution >= 0.6 is 0 Å². The molecule has 124 valence electrons. The van der Waals surface area contributed by atoms with Crippen LogP contribution in [0.4, 0.5) is 10.6 Å². The highest BCUT2D eigenvalue weighted by Crippen LogP contribution is 2.39. The van der Waals surface area contributed by atoms with Crippen molar-refractivity contribution >= 4 is 11.9 Å². The first kappa shape index (κ1) is 16.6. The first-order valence-electron chi connectivity index (χ1n) is 7.98. The molecule has 0 saturated heterocycles. The Balaban J connectivity index is 2.22. The van der Waals surface area contributed by atoms with Gasteiger partial charge in [0.15, 0.2) is 0 Å². The van der Waals surface area contributed by atoms with E-state index in [2.05, 4.69) is 25.9 Å². The van der Waals surface area contributed by atoms with Gasteiger partial charge < -0.3 is 15.7 Å². The summed E-state index contributed by atoms with van der Waals surface area (Å²) in [6, 6.07) is 2.02. The third-order valence-corrected chi connectivity index (χ3v) is 4.39. The fraction of sp³-hybridized carbons (Fsp3) is 0.750. The maximum Gasteiger partial charge on any atom is 0.407 e. The number of nitrogens with zero attached hydrogens (tertiary/aromatic N) is 3. The van der Waals surface area contributed by atoms with Crippen molar-refractivity contribution in [2.75, 3.05) is 5.73 Å². The lowest BCUT2D eigenvalue weighted by Crippen LogP contribution is -2.42. The molecule has 1 amide bonds. The van der Waals surface area contributed by atoms with Crippen LogP contribution in [-0.2, 0) is 5.54 Å². The molecule has 22 heavy (non-hydrogen) atoms. The average Bonchev–Trinajstić information content (AvgIpc) is 2.93. The minimum absolute atomic E-state index is 0.00107. The molecule has 3 N–H and O–H groups in total. The lowest BCUT2D eigenvalue weighted by molar-refractivity contribution is 0.108. The molecule has 1 saturated carbocycles. The molecular weight excluding hydrogens is 280 g/mol. The number of hydrogen-bond donors (Lipinski definition) is 2. The van der Waals surface area contributed by atoms with Gasteiger partial charge >= 0.3 is 6.09 Å². The Morgan fingerprint density at radius 2 is 2.09 bits per heavy atom. The molecule has 0 aromatic carbocycles. The van der Waals surface area contributed by atoms with Gasteiger partial charge in [0.1, 0.15) is 5.82 Å². The molecule has 1 heterocycles. The highest BCUT2D eigenvalue weighted by atomic mass is 16.4. The van der Waals surface area contributed by atoms with Crippen molar-refractivity contribution in [1.29, 1.82) is 0 Å². The standard InChI is InChI=1S/C16H28N4O2/c1-10(2)19(15(21)22)12-7-6-11(8-12)13-9-14(17)18-20(13)16(3,4)5/h9-12H,6-8H2,1-5H3,(H2,17,18)(H,21,22). The second kappa shape index (κ2) is 5.82. The first-order chi connectivity index (χ1) is 10.1. The van der Waals surface area contributed by atoms with Crippen LogP contribution in [0, 0.1) is 0 Å². The van der Waals surface area contributed by atoms with Crippen LogP contribution in [0.2, 0.25) is 0 Å². The first-order valence-corrected chi connectivity index (χ1v) is 7.98. The number of hydrogen-bond acceptors (Lipinski definition) is 3. The number of anilines is 1. The van der Waals surface area contributed by atoms with Crippen molar-refractivity contribution < 1.29 is 9.90 Å². The summed E-state index contributed by atoms with van der Waals surface area (Å²) in [6.07, 6.45) is 1.88. The van der Waals surface area contributed by atoms with Crippen molar-refractivity contribution in [3.63, 3.8) is 0 Å². The van der Waals surface area contributed by atoms with Crippen molar-refractivity contribution in [2.45, 2.75) is 77.4 Å². The Hall–Kier alpha value is -1.72. The van der Waals surface area contributed by atoms with Gasteiger partial charge in [-0.05, 0) is 53.9 Å². The Labute approximate surface area is 132 Å². The molecule has 6 heteroatoms. The van der Waals surface area contributed by atoms with Crippen molar-refractivity contribution in [2.24, 2.45) is 0 Å². The highest BCUT2D eigenvalue weighted by molar-refractivity contribution is 5.66. The zero-order valence-electron chi connectivity index (χ0n) is 14.2. The van der Waals surface area contributed by atoms with Crippen molar-refractivity contribution in [1.82, 2.24) is 14.7 Å². The van der Waals surface area contributed by atoms with Gasteiger partial charge in [-0.25, -0.2) is 4.79 Å². The van der Waals surface area contributed by atoms with Crippen molar-refractivity contribution in [3.05, 3.63) is 11.8 Å². The van der Waals surface area contributed by atoms with E-state index >= 15 is 0 Å². The van der Waals surface area contributed by atoms with E-state index < -0.39 is 6.09 Å². The molecule has 1 aliphatic rings. The normalized spacial score (nSPS) is 22.3. The molecule has 0 aliphatic heterocycles. The molecule has 2 rings (SSSR count). The molecule has 1 aromatic heterocycles. The van der Waals surface area contributed by atoms with Gasteiger partial charge in [0.25, 0.3) is 0 Å². The van der Waals surface area contributed by atoms with Crippen LogP contribution in [-0.4, -0.2) is 38.0 Å². The molecule has 2 unspecified atom stereocenters. The molecule has 2 atom stereocenters. The number of carboxylic acid groups (broad SMARTS) is 1. The zero-order valence-corrected chi connectivity index (χ0v) is 14.2. The molecule has 6 nitrogen and oxygen atoms in total. The van der Waals surface area contributed by atoms with Gasteiger partial charge in [0, 0.05) is 29.8 Å². The lowest BCUT2D eigenvalue weighted by Gasteiger charge is -2.30. The lowest BCUT2D eigenvalue weighted by atomic mass is 10.0. The summed E-state index contributed by atoms with van der Waals surface area (Å²) in [6.45, 7) is 10.2. The molecular formula is C16H28N4O2. The van der Waals surface area contributed by atoms with Crippen LogP contribution in [0.3, 0.4) is 0 Å². The van der Waals surface area contributed by atoms with Gasteiger partial charge in [-0.3, -0.25) is 4.68 Å². The van der Waals surface area contributed by atoms with Gasteiger partial charge in [0.05, 0.1) is 5.54 Å². The summed E-state index contributed by atoms with van der Waals surface area (Å²) in [7, 11) is 0. The maximum atomic E-state index is 11.5. The number of aromatic nitrogens is 2. The molecule has 1 aliphatic carbocycles. The predicted molar refractivity (Wildman–Crippen MR) is 87.0 cm³/mol. The van der Waals surface area contributed by atoms with Crippen LogP contribution in [0.25, 0.3) is 0 Å². The summed E-state index contributed by atoms with van der Waals surface area (Å²) in [5.41, 5.74) is 6.90. The summed E-state index contributed by atoms with van der Waals surface area (Å²) >= 11 is 0. The Kier molecular flexibility index (Phi) is 4.40. The minimum Gasteiger partial charge on any atom is -0.465 e. The molecule has 0 radical (unpaired) electrons. The summed E-state index contributed by atoms with van der Waals surface area (Å²) in [4.78, 5) is 13.1. The number of amides is 1. The number of carbonyl (C=O) groups is 1. The Morgan fingerprint density at radius 1 is 1.45 bits per heavy atom. The zero-order chi connectivity index (χ0) is 16.7. The highest BCUT2D eigenvalue weighted by Gasteiger charge is 2.36. The van der Waals surface area contributed by atoms with Crippen LogP contribution in [0.5, 0.6) is 0 Å². The van der Waals surface area contributed by atoms with E-state index in [1.807, 2.05) is 24.6 Å². The topological polar surface area (TPSA) is 84.4 Å². The van der Waals surface area contributed by atoms with E-state index in [4.69, 9.17) is 5.73 Å². The smallest absolute Gasteiger partial charge is 0.407 e. The largest absolute Gasteiger partial charge is 0.465 e. The second-order valence-corrected chi connectivity index (χ2v) is 7.52. The minimum atomic E-state index is -0.829. The van der Waals surface area contributed by atoms with E-state index in [1.54, 1.807) is 4.90 Å². The van der Waals surface area contributed by atoms with Crippen LogP contribution in [0.15, 0.2) is 6.07 Å². The van der Waals surface area contributed by atoms with E-state index in [0.29, 0.717) is 11.7 Å². The fourth-order valence-corrected chi connectivity index (χ4v) is 3.52. The Bertz CT molecular complexity index is 545. The average molecular weight is 308 g/mol. The van der Waals surface area contributed by atoms with Crippen molar-refractivity contribution in [3.8, 4) is 0 Å². The van der Waals surface area contributed by atoms with Gasteiger partial charge in [-0.2, -0.15) is 5.10 Å². The van der Waals surface area contributed by atoms with Gasteiger partial charge in [0.2, 0.25) is 0 Å². The second-order valence-electron chi connectivity index (χ2n) is 7.52. The number of rotatable bonds is 3. The summed E-state index contributed by atoms with van der Waals surface area (Å²) in [5.74, 6) is 0.849. The monoisotopic (exact) mass is 308 g/mol. The quantitative estimate of drug-likeness (QED) is 0.897. The number of nitrogen functional groups attached to an aromatic ring is 1. The molecule has 0 bridgehead atoms. The Morgan fingerprint density at radius 3 is 2.59 bits per heavy atom. The molecule has 1 fully saturated rings. The SMILES string of the molecule is CC(C)N(C(=O)O)C1CCC(c2cc(N)nn2C(C)(C)C)C1. The van der Waals surface area contributed by atoms with Crippen LogP contribution < -0.4 is 5.73 Å². The number of nitrogens with two attached hydrogens (primary N) is 1. The molecule has 0 spiro atoms. The van der Waals surface area contributed by atoms with Gasteiger partial charge in [-0.15, -0.1) is 0 Å². The van der Waals surface area contributed by atoms with Crippen LogP contribution in [0.1, 0.15) is 65.5 Å². The summed E-state index contributed by atoms with van der Waals surface area (Å²) in [5, 5.41) is 13.9. The third kappa shape index (κ3) is 3.20. The predicted octanol–water partition coefficient (Wildman–Crippen LogP) is 3.24. The van der Waals surface area contributed by atoms with E-state index in [-0.39, 0.29) is 17.6 Å². The third-order valence-electron chi connectivity index (χ3n) is 4.39. The maximum absolute atomic E-state index is 11.5. The summed E-state index contributed by atoms with van der Waals surface area (Å²) < 4.78 is 2.00.